The number of hydrogen-bond donors (Lipinski definition) is 1. The molecule has 2 aliphatic rings. The minimum atomic E-state index is -1.27. The SMILES string of the molecule is CCCOC[C@H]1C[C@@]2(C[C@](C)(c3csc(Nc4ccccc4)n3)OC2=O)C(=O)O1. The number of carbonyl (C=O) groups is 2. The fourth-order valence-electron chi connectivity index (χ4n) is 3.89. The Labute approximate surface area is 173 Å². The van der Waals surface area contributed by atoms with Gasteiger partial charge in [-0.05, 0) is 25.5 Å². The Morgan fingerprint density at radius 2 is 2.07 bits per heavy atom. The molecule has 0 bridgehead atoms. The van der Waals surface area contributed by atoms with Crippen molar-refractivity contribution in [3.8, 4) is 0 Å². The second-order valence-electron chi connectivity index (χ2n) is 7.71. The molecule has 4 rings (SSSR count). The Hall–Kier alpha value is -2.45. The molecule has 2 aromatic rings. The lowest BCUT2D eigenvalue weighted by molar-refractivity contribution is -0.160. The summed E-state index contributed by atoms with van der Waals surface area (Å²) >= 11 is 1.43. The van der Waals surface area contributed by atoms with Gasteiger partial charge in [-0.3, -0.25) is 9.59 Å². The lowest BCUT2D eigenvalue weighted by atomic mass is 9.78. The van der Waals surface area contributed by atoms with Gasteiger partial charge in [0.15, 0.2) is 16.1 Å². The lowest BCUT2D eigenvalue weighted by Crippen LogP contribution is -2.32. The Morgan fingerprint density at radius 3 is 2.83 bits per heavy atom. The van der Waals surface area contributed by atoms with E-state index >= 15 is 0 Å². The number of cyclic esters (lactones) is 2. The van der Waals surface area contributed by atoms with Crippen LogP contribution >= 0.6 is 11.3 Å². The molecule has 0 radical (unpaired) electrons. The molecule has 1 aromatic carbocycles. The van der Waals surface area contributed by atoms with Crippen molar-refractivity contribution >= 4 is 34.1 Å². The molecule has 3 heterocycles. The fraction of sp³-hybridized carbons (Fsp3) is 0.476. The maximum absolute atomic E-state index is 12.8. The Morgan fingerprint density at radius 1 is 1.28 bits per heavy atom. The zero-order chi connectivity index (χ0) is 20.5. The van der Waals surface area contributed by atoms with E-state index in [2.05, 4.69) is 10.3 Å². The van der Waals surface area contributed by atoms with Crippen LogP contribution in [0.15, 0.2) is 35.7 Å². The number of carbonyl (C=O) groups excluding carboxylic acids is 2. The summed E-state index contributed by atoms with van der Waals surface area (Å²) in [4.78, 5) is 30.0. The van der Waals surface area contributed by atoms with Crippen LogP contribution in [-0.2, 0) is 29.4 Å². The maximum atomic E-state index is 12.8. The van der Waals surface area contributed by atoms with Crippen molar-refractivity contribution in [3.63, 3.8) is 0 Å². The first-order valence-electron chi connectivity index (χ1n) is 9.75. The number of thiazole rings is 1. The third-order valence-corrected chi connectivity index (χ3v) is 6.07. The van der Waals surface area contributed by atoms with Crippen LogP contribution in [0.3, 0.4) is 0 Å². The average Bonchev–Trinajstić information content (AvgIpc) is 3.35. The van der Waals surface area contributed by atoms with Gasteiger partial charge in [0.25, 0.3) is 0 Å². The molecule has 29 heavy (non-hydrogen) atoms. The second kappa shape index (κ2) is 7.76. The first-order valence-corrected chi connectivity index (χ1v) is 10.6. The summed E-state index contributed by atoms with van der Waals surface area (Å²) in [6.07, 6.45) is 0.962. The van der Waals surface area contributed by atoms with Gasteiger partial charge in [0.05, 0.1) is 12.3 Å². The van der Waals surface area contributed by atoms with Crippen molar-refractivity contribution in [2.45, 2.75) is 44.8 Å². The predicted molar refractivity (Wildman–Crippen MR) is 108 cm³/mol. The van der Waals surface area contributed by atoms with E-state index in [-0.39, 0.29) is 12.8 Å². The van der Waals surface area contributed by atoms with Crippen LogP contribution in [0, 0.1) is 5.41 Å². The van der Waals surface area contributed by atoms with E-state index in [0.29, 0.717) is 24.0 Å². The highest BCUT2D eigenvalue weighted by Gasteiger charge is 2.65. The summed E-state index contributed by atoms with van der Waals surface area (Å²) in [6.45, 7) is 4.71. The first kappa shape index (κ1) is 19.8. The number of ether oxygens (including phenoxy) is 3. The number of rotatable bonds is 7. The number of aromatic nitrogens is 1. The van der Waals surface area contributed by atoms with E-state index in [9.17, 15) is 9.59 Å². The molecule has 7 nitrogen and oxygen atoms in total. The van der Waals surface area contributed by atoms with Gasteiger partial charge in [-0.2, -0.15) is 0 Å². The smallest absolute Gasteiger partial charge is 0.324 e. The van der Waals surface area contributed by atoms with Crippen molar-refractivity contribution in [2.75, 3.05) is 18.5 Å². The van der Waals surface area contributed by atoms with Gasteiger partial charge in [0.2, 0.25) is 0 Å². The molecule has 0 amide bonds. The topological polar surface area (TPSA) is 86.8 Å². The van der Waals surface area contributed by atoms with Gasteiger partial charge in [0.1, 0.15) is 6.10 Å². The summed E-state index contributed by atoms with van der Waals surface area (Å²) in [5.41, 5.74) is -0.689. The van der Waals surface area contributed by atoms with Gasteiger partial charge >= 0.3 is 11.9 Å². The summed E-state index contributed by atoms with van der Waals surface area (Å²) in [5, 5.41) is 5.80. The van der Waals surface area contributed by atoms with E-state index in [1.807, 2.05) is 42.6 Å². The minimum absolute atomic E-state index is 0.219. The highest BCUT2D eigenvalue weighted by atomic mass is 32.1. The normalized spacial score (nSPS) is 28.6. The highest BCUT2D eigenvalue weighted by molar-refractivity contribution is 7.13. The van der Waals surface area contributed by atoms with Crippen molar-refractivity contribution in [2.24, 2.45) is 5.41 Å². The molecule has 154 valence electrons. The van der Waals surface area contributed by atoms with Crippen LogP contribution < -0.4 is 5.32 Å². The zero-order valence-electron chi connectivity index (χ0n) is 16.5. The molecular formula is C21H24N2O5S. The van der Waals surface area contributed by atoms with Gasteiger partial charge < -0.3 is 19.5 Å². The molecule has 0 saturated carbocycles. The molecule has 3 atom stereocenters. The molecule has 1 spiro atoms. The number of anilines is 2. The summed E-state index contributed by atoms with van der Waals surface area (Å²) in [7, 11) is 0. The second-order valence-corrected chi connectivity index (χ2v) is 8.57. The van der Waals surface area contributed by atoms with Gasteiger partial charge in [0, 0.05) is 30.5 Å². The number of hydrogen-bond acceptors (Lipinski definition) is 8. The van der Waals surface area contributed by atoms with Gasteiger partial charge in [-0.1, -0.05) is 25.1 Å². The Balaban J connectivity index is 1.49. The van der Waals surface area contributed by atoms with E-state index in [1.54, 1.807) is 6.92 Å². The monoisotopic (exact) mass is 416 g/mol. The van der Waals surface area contributed by atoms with E-state index in [0.717, 1.165) is 12.1 Å². The number of nitrogens with zero attached hydrogens (tertiary/aromatic N) is 1. The quantitative estimate of drug-likeness (QED) is 0.418. The van der Waals surface area contributed by atoms with Gasteiger partial charge in [-0.15, -0.1) is 11.3 Å². The lowest BCUT2D eigenvalue weighted by Gasteiger charge is -2.20. The van der Waals surface area contributed by atoms with Crippen molar-refractivity contribution < 1.29 is 23.8 Å². The van der Waals surface area contributed by atoms with Crippen molar-refractivity contribution in [1.29, 1.82) is 0 Å². The molecule has 2 aliphatic heterocycles. The molecule has 0 unspecified atom stereocenters. The van der Waals surface area contributed by atoms with E-state index < -0.39 is 29.1 Å². The van der Waals surface area contributed by atoms with Gasteiger partial charge in [-0.25, -0.2) is 4.98 Å². The maximum Gasteiger partial charge on any atom is 0.324 e. The largest absolute Gasteiger partial charge is 0.459 e. The summed E-state index contributed by atoms with van der Waals surface area (Å²) < 4.78 is 16.7. The molecule has 1 aromatic heterocycles. The van der Waals surface area contributed by atoms with Crippen LogP contribution in [-0.4, -0.2) is 36.2 Å². The van der Waals surface area contributed by atoms with Crippen molar-refractivity contribution in [3.05, 3.63) is 41.4 Å². The standard InChI is InChI=1S/C21H24N2O5S/c1-3-9-26-11-15-10-21(17(24)27-15)13-20(2,28-18(21)25)16-12-29-19(23-16)22-14-7-5-4-6-8-14/h4-8,12,15H,3,9-11,13H2,1-2H3,(H,22,23)/t15-,20-,21-/m1/s1. The van der Waals surface area contributed by atoms with Crippen molar-refractivity contribution in [1.82, 2.24) is 4.98 Å². The Kier molecular flexibility index (Phi) is 5.31. The number of nitrogens with one attached hydrogen (secondary N) is 1. The predicted octanol–water partition coefficient (Wildman–Crippen LogP) is 3.78. The molecule has 2 fully saturated rings. The molecular weight excluding hydrogens is 392 g/mol. The van der Waals surface area contributed by atoms with Crippen LogP contribution in [0.1, 0.15) is 38.8 Å². The zero-order valence-corrected chi connectivity index (χ0v) is 17.3. The van der Waals surface area contributed by atoms with Crippen LogP contribution in [0.2, 0.25) is 0 Å². The van der Waals surface area contributed by atoms with E-state index in [4.69, 9.17) is 14.2 Å². The summed E-state index contributed by atoms with van der Waals surface area (Å²) in [6, 6.07) is 9.71. The number of para-hydroxylation sites is 1. The van der Waals surface area contributed by atoms with E-state index in [1.165, 1.54) is 11.3 Å². The first-order chi connectivity index (χ1) is 13.9. The number of esters is 2. The molecule has 1 N–H and O–H groups in total. The summed E-state index contributed by atoms with van der Waals surface area (Å²) in [5.74, 6) is -1.05. The minimum Gasteiger partial charge on any atom is -0.459 e. The third-order valence-electron chi connectivity index (χ3n) is 5.31. The highest BCUT2D eigenvalue weighted by Crippen LogP contribution is 2.52. The fourth-order valence-corrected chi connectivity index (χ4v) is 4.74. The molecule has 8 heteroatoms. The molecule has 2 saturated heterocycles. The number of benzene rings is 1. The average molecular weight is 416 g/mol. The van der Waals surface area contributed by atoms with Crippen LogP contribution in [0.25, 0.3) is 0 Å². The van der Waals surface area contributed by atoms with Crippen LogP contribution in [0.5, 0.6) is 0 Å². The van der Waals surface area contributed by atoms with Crippen LogP contribution in [0.4, 0.5) is 10.8 Å². The molecule has 0 aliphatic carbocycles. The Bertz CT molecular complexity index is 901. The third kappa shape index (κ3) is 3.74.